The first-order chi connectivity index (χ1) is 7.94. The van der Waals surface area contributed by atoms with Crippen LogP contribution in [0.2, 0.25) is 0 Å². The molecule has 6 N–H and O–H groups in total. The van der Waals surface area contributed by atoms with E-state index in [1.54, 1.807) is 0 Å². The average molecular weight is 259 g/mol. The Bertz CT molecular complexity index is 502. The van der Waals surface area contributed by atoms with Crippen molar-refractivity contribution in [3.8, 4) is 0 Å². The molecule has 17 heavy (non-hydrogen) atoms. The van der Waals surface area contributed by atoms with Gasteiger partial charge in [0.2, 0.25) is 10.0 Å². The van der Waals surface area contributed by atoms with Crippen LogP contribution in [0, 0.1) is 0 Å². The molecule has 94 valence electrons. The van der Waals surface area contributed by atoms with Crippen molar-refractivity contribution >= 4 is 21.6 Å². The van der Waals surface area contributed by atoms with Gasteiger partial charge in [0, 0.05) is 12.7 Å². The second kappa shape index (κ2) is 5.57. The van der Waals surface area contributed by atoms with Gasteiger partial charge in [0.05, 0.1) is 23.2 Å². The lowest BCUT2D eigenvalue weighted by Gasteiger charge is -2.08. The normalized spacial score (nSPS) is 10.9. The molecule has 1 heterocycles. The van der Waals surface area contributed by atoms with Gasteiger partial charge in [-0.05, 0) is 6.07 Å². The van der Waals surface area contributed by atoms with Gasteiger partial charge < -0.3 is 10.7 Å². The maximum absolute atomic E-state index is 11.6. The van der Waals surface area contributed by atoms with Crippen LogP contribution in [0.5, 0.6) is 0 Å². The first-order valence-corrected chi connectivity index (χ1v) is 6.35. The number of sulfonamides is 1. The lowest BCUT2D eigenvalue weighted by atomic mass is 10.2. The van der Waals surface area contributed by atoms with Crippen LogP contribution in [0.15, 0.2) is 18.5 Å². The molecule has 0 radical (unpaired) electrons. The van der Waals surface area contributed by atoms with Crippen LogP contribution in [0.3, 0.4) is 0 Å². The van der Waals surface area contributed by atoms with Crippen LogP contribution >= 0.6 is 0 Å². The quantitative estimate of drug-likeness (QED) is 0.370. The zero-order valence-electron chi connectivity index (χ0n) is 8.88. The summed E-state index contributed by atoms with van der Waals surface area (Å²) in [5.74, 6) is 4.42. The number of hydrogen-bond donors (Lipinski definition) is 4. The number of anilines is 1. The monoisotopic (exact) mass is 259 g/mol. The van der Waals surface area contributed by atoms with Gasteiger partial charge in [0.1, 0.15) is 0 Å². The van der Waals surface area contributed by atoms with Crippen LogP contribution in [-0.2, 0) is 10.0 Å². The van der Waals surface area contributed by atoms with Gasteiger partial charge in [0.25, 0.3) is 5.91 Å². The molecule has 0 bridgehead atoms. The van der Waals surface area contributed by atoms with Crippen molar-refractivity contribution in [1.82, 2.24) is 10.3 Å². The summed E-state index contributed by atoms with van der Waals surface area (Å²) < 4.78 is 21.3. The Hall–Kier alpha value is -1.71. The molecule has 0 atom stereocenters. The fourth-order valence-electron chi connectivity index (χ4n) is 1.11. The zero-order chi connectivity index (χ0) is 12.9. The second-order valence-electron chi connectivity index (χ2n) is 3.19. The molecule has 0 aliphatic heterocycles. The Kier molecular flexibility index (Phi) is 4.37. The lowest BCUT2D eigenvalue weighted by molar-refractivity contribution is 0.0957. The zero-order valence-corrected chi connectivity index (χ0v) is 9.70. The highest BCUT2D eigenvalue weighted by Crippen LogP contribution is 2.10. The Morgan fingerprint density at radius 2 is 2.18 bits per heavy atom. The van der Waals surface area contributed by atoms with Crippen molar-refractivity contribution in [1.29, 1.82) is 0 Å². The lowest BCUT2D eigenvalue weighted by Crippen LogP contribution is -2.32. The second-order valence-corrected chi connectivity index (χ2v) is 4.92. The smallest absolute Gasteiger partial charge is 0.253 e. The predicted octanol–water partition coefficient (Wildman–Crippen LogP) is -1.61. The first kappa shape index (κ1) is 13.4. The number of carbonyl (C=O) groups is 1. The number of primary sulfonamides is 1. The van der Waals surface area contributed by atoms with E-state index >= 15 is 0 Å². The molecule has 0 spiro atoms. The van der Waals surface area contributed by atoms with Gasteiger partial charge in [0.15, 0.2) is 0 Å². The van der Waals surface area contributed by atoms with Crippen molar-refractivity contribution < 1.29 is 13.2 Å². The largest absolute Gasteiger partial charge is 0.351 e. The number of pyridine rings is 1. The number of aromatic nitrogens is 1. The topological polar surface area (TPSA) is 140 Å². The highest BCUT2D eigenvalue weighted by Gasteiger charge is 2.11. The summed E-state index contributed by atoms with van der Waals surface area (Å²) in [7, 11) is -3.59. The third kappa shape index (κ3) is 4.34. The number of nitrogen functional groups attached to an aromatic ring is 1. The number of hydrazine groups is 1. The third-order valence-corrected chi connectivity index (χ3v) is 2.67. The van der Waals surface area contributed by atoms with Crippen molar-refractivity contribution in [2.45, 2.75) is 0 Å². The van der Waals surface area contributed by atoms with E-state index in [2.05, 4.69) is 15.7 Å². The van der Waals surface area contributed by atoms with Crippen molar-refractivity contribution in [2.24, 2.45) is 11.0 Å². The molecular weight excluding hydrogens is 246 g/mol. The van der Waals surface area contributed by atoms with Crippen molar-refractivity contribution in [3.63, 3.8) is 0 Å². The molecule has 0 aliphatic carbocycles. The van der Waals surface area contributed by atoms with Crippen molar-refractivity contribution in [2.75, 3.05) is 17.7 Å². The molecular formula is C8H13N5O3S. The van der Waals surface area contributed by atoms with Gasteiger partial charge in [-0.2, -0.15) is 0 Å². The van der Waals surface area contributed by atoms with Gasteiger partial charge in [-0.25, -0.2) is 13.6 Å². The Morgan fingerprint density at radius 1 is 1.47 bits per heavy atom. The maximum Gasteiger partial charge on any atom is 0.253 e. The average Bonchev–Trinajstić information content (AvgIpc) is 2.27. The number of nitrogens with one attached hydrogen (secondary N) is 2. The van der Waals surface area contributed by atoms with Crippen LogP contribution < -0.4 is 21.7 Å². The summed E-state index contributed by atoms with van der Waals surface area (Å²) in [5, 5.41) is 7.20. The van der Waals surface area contributed by atoms with E-state index in [4.69, 9.17) is 11.0 Å². The molecule has 8 nitrogen and oxygen atoms in total. The van der Waals surface area contributed by atoms with Gasteiger partial charge >= 0.3 is 0 Å². The summed E-state index contributed by atoms with van der Waals surface area (Å²) >= 11 is 0. The van der Waals surface area contributed by atoms with Gasteiger partial charge in [-0.3, -0.25) is 15.6 Å². The maximum atomic E-state index is 11.6. The Balaban J connectivity index is 2.64. The van der Waals surface area contributed by atoms with Crippen LogP contribution in [-0.4, -0.2) is 31.6 Å². The van der Waals surface area contributed by atoms with Gasteiger partial charge in [-0.1, -0.05) is 0 Å². The summed E-state index contributed by atoms with van der Waals surface area (Å²) in [5.41, 5.74) is 2.94. The predicted molar refractivity (Wildman–Crippen MR) is 62.4 cm³/mol. The van der Waals surface area contributed by atoms with E-state index in [0.717, 1.165) is 0 Å². The fourth-order valence-corrected chi connectivity index (χ4v) is 1.50. The summed E-state index contributed by atoms with van der Waals surface area (Å²) in [6.07, 6.45) is 2.81. The summed E-state index contributed by atoms with van der Waals surface area (Å²) in [6.45, 7) is -0.0655. The molecule has 0 aliphatic rings. The van der Waals surface area contributed by atoms with Crippen LogP contribution in [0.1, 0.15) is 10.4 Å². The fraction of sp³-hybridized carbons (Fsp3) is 0.250. The van der Waals surface area contributed by atoms with E-state index in [-0.39, 0.29) is 17.9 Å². The molecule has 0 aromatic carbocycles. The minimum absolute atomic E-state index is 0.0655. The number of nitrogens with zero attached hydrogens (tertiary/aromatic N) is 1. The molecule has 1 aromatic rings. The number of amides is 1. The number of carbonyl (C=O) groups excluding carboxylic acids is 1. The van der Waals surface area contributed by atoms with E-state index in [1.807, 2.05) is 0 Å². The van der Waals surface area contributed by atoms with Gasteiger partial charge in [-0.15, -0.1) is 0 Å². The van der Waals surface area contributed by atoms with Crippen LogP contribution in [0.25, 0.3) is 0 Å². The standard InChI is InChI=1S/C8H13N5O3S/c9-13-7-5-11-2-1-6(7)8(14)12-3-4-17(10,15)16/h1-2,5,13H,3-4,9H2,(H,12,14)(H2,10,15,16). The molecule has 9 heteroatoms. The van der Waals surface area contributed by atoms with Crippen LogP contribution in [0.4, 0.5) is 5.69 Å². The summed E-state index contributed by atoms with van der Waals surface area (Å²) in [6, 6.07) is 1.46. The molecule has 0 fully saturated rings. The van der Waals surface area contributed by atoms with E-state index in [9.17, 15) is 13.2 Å². The molecule has 1 aromatic heterocycles. The number of nitrogens with two attached hydrogens (primary N) is 2. The number of hydrogen-bond acceptors (Lipinski definition) is 6. The Morgan fingerprint density at radius 3 is 2.76 bits per heavy atom. The third-order valence-electron chi connectivity index (χ3n) is 1.89. The minimum Gasteiger partial charge on any atom is -0.351 e. The number of rotatable bonds is 5. The van der Waals surface area contributed by atoms with E-state index < -0.39 is 15.9 Å². The van der Waals surface area contributed by atoms with Crippen molar-refractivity contribution in [3.05, 3.63) is 24.0 Å². The molecule has 0 saturated carbocycles. The molecule has 1 amide bonds. The molecule has 1 rings (SSSR count). The summed E-state index contributed by atoms with van der Waals surface area (Å²) in [4.78, 5) is 15.4. The first-order valence-electron chi connectivity index (χ1n) is 4.63. The van der Waals surface area contributed by atoms with E-state index in [1.165, 1.54) is 18.5 Å². The van der Waals surface area contributed by atoms with E-state index in [0.29, 0.717) is 5.69 Å². The highest BCUT2D eigenvalue weighted by atomic mass is 32.2. The Labute approximate surface area is 98.4 Å². The molecule has 0 saturated heterocycles. The molecule has 0 unspecified atom stereocenters. The SMILES string of the molecule is NNc1cnccc1C(=O)NCCS(N)(=O)=O. The minimum atomic E-state index is -3.59. The highest BCUT2D eigenvalue weighted by molar-refractivity contribution is 7.89.